The van der Waals surface area contributed by atoms with Gasteiger partial charge in [0.25, 0.3) is 5.91 Å². The van der Waals surface area contributed by atoms with E-state index in [1.165, 1.54) is 54.6 Å². The molecular weight excluding hydrogens is 567 g/mol. The molecular formula is C27H22Cl2N2O7S. The summed E-state index contributed by atoms with van der Waals surface area (Å²) in [6.07, 6.45) is 0.406. The zero-order valence-corrected chi connectivity index (χ0v) is 22.9. The third-order valence-corrected chi connectivity index (χ3v) is 7.88. The van der Waals surface area contributed by atoms with Crippen LogP contribution < -0.4 is 4.18 Å². The minimum atomic E-state index is -4.10. The van der Waals surface area contributed by atoms with Gasteiger partial charge >= 0.3 is 10.1 Å². The molecule has 0 aromatic heterocycles. The highest BCUT2D eigenvalue weighted by molar-refractivity contribution is 7.87. The fourth-order valence-electron chi connectivity index (χ4n) is 3.83. The number of Topliss-reactive ketones (excluding diaryl/α,β-unsaturated/α-hetero) is 1. The molecule has 12 heteroatoms. The maximum Gasteiger partial charge on any atom is 0.339 e. The first-order chi connectivity index (χ1) is 18.5. The number of piperidine rings is 1. The summed E-state index contributed by atoms with van der Waals surface area (Å²) in [6.45, 7) is 1.18. The molecule has 3 aromatic carbocycles. The Kier molecular flexibility index (Phi) is 8.39. The van der Waals surface area contributed by atoms with Crippen LogP contribution in [0.25, 0.3) is 0 Å². The summed E-state index contributed by atoms with van der Waals surface area (Å²) in [6, 6.07) is 15.4. The molecule has 0 spiro atoms. The number of imide groups is 1. The minimum Gasteiger partial charge on any atom is -0.379 e. The number of ketones is 1. The average molecular weight is 589 g/mol. The lowest BCUT2D eigenvalue weighted by molar-refractivity contribution is -0.162. The first-order valence-corrected chi connectivity index (χ1v) is 13.9. The van der Waals surface area contributed by atoms with Crippen LogP contribution in [-0.2, 0) is 19.7 Å². The second-order valence-electron chi connectivity index (χ2n) is 8.74. The molecule has 3 amide bonds. The Bertz CT molecular complexity index is 1540. The summed E-state index contributed by atoms with van der Waals surface area (Å²) in [7, 11) is -4.10. The van der Waals surface area contributed by atoms with Gasteiger partial charge in [0.05, 0.1) is 10.0 Å². The monoisotopic (exact) mass is 588 g/mol. The van der Waals surface area contributed by atoms with E-state index in [2.05, 4.69) is 0 Å². The zero-order chi connectivity index (χ0) is 28.3. The molecule has 0 aliphatic carbocycles. The highest BCUT2D eigenvalue weighted by Gasteiger charge is 2.36. The van der Waals surface area contributed by atoms with Crippen LogP contribution in [0.2, 0.25) is 10.0 Å². The van der Waals surface area contributed by atoms with Crippen molar-refractivity contribution in [2.45, 2.75) is 31.1 Å². The van der Waals surface area contributed by atoms with Crippen molar-refractivity contribution in [3.05, 3.63) is 93.5 Å². The van der Waals surface area contributed by atoms with Crippen molar-refractivity contribution in [2.75, 3.05) is 6.54 Å². The van der Waals surface area contributed by atoms with Crippen molar-refractivity contribution >= 4 is 56.8 Å². The van der Waals surface area contributed by atoms with Gasteiger partial charge in [-0.15, -0.1) is 0 Å². The third kappa shape index (κ3) is 6.47. The SMILES string of the molecule is Cc1ccc(S(=O)(=O)Oc2ccc(C(=O)CN(C(=O)c3ccc(Cl)c(Cl)c3)N3C(=O)CCCC3=O)cc2)cc1. The van der Waals surface area contributed by atoms with Gasteiger partial charge in [-0.25, -0.2) is 5.01 Å². The van der Waals surface area contributed by atoms with Gasteiger partial charge in [-0.2, -0.15) is 13.4 Å². The smallest absolute Gasteiger partial charge is 0.339 e. The van der Waals surface area contributed by atoms with Crippen LogP contribution in [0, 0.1) is 6.92 Å². The number of carbonyl (C=O) groups is 4. The molecule has 9 nitrogen and oxygen atoms in total. The summed E-state index contributed by atoms with van der Waals surface area (Å²) in [5.41, 5.74) is 1.00. The summed E-state index contributed by atoms with van der Waals surface area (Å²) in [4.78, 5) is 51.7. The minimum absolute atomic E-state index is 0.0217. The van der Waals surface area contributed by atoms with Crippen LogP contribution in [0.5, 0.6) is 5.75 Å². The van der Waals surface area contributed by atoms with Crippen LogP contribution in [0.4, 0.5) is 0 Å². The molecule has 1 heterocycles. The van der Waals surface area contributed by atoms with Crippen LogP contribution in [0.15, 0.2) is 71.6 Å². The van der Waals surface area contributed by atoms with Gasteiger partial charge in [0.2, 0.25) is 11.8 Å². The molecule has 39 heavy (non-hydrogen) atoms. The number of carbonyl (C=O) groups excluding carboxylic acids is 4. The maximum absolute atomic E-state index is 13.4. The first-order valence-electron chi connectivity index (χ1n) is 11.7. The van der Waals surface area contributed by atoms with Crippen molar-refractivity contribution in [1.82, 2.24) is 10.0 Å². The highest BCUT2D eigenvalue weighted by Crippen LogP contribution is 2.25. The fraction of sp³-hybridized carbons (Fsp3) is 0.185. The van der Waals surface area contributed by atoms with E-state index in [1.807, 2.05) is 6.92 Å². The van der Waals surface area contributed by atoms with E-state index in [1.54, 1.807) is 12.1 Å². The molecule has 0 saturated carbocycles. The fourth-order valence-corrected chi connectivity index (χ4v) is 5.05. The predicted octanol–water partition coefficient (Wildman–Crippen LogP) is 4.85. The number of benzene rings is 3. The van der Waals surface area contributed by atoms with Crippen LogP contribution >= 0.6 is 23.2 Å². The van der Waals surface area contributed by atoms with E-state index >= 15 is 0 Å². The van der Waals surface area contributed by atoms with Gasteiger partial charge in [0.15, 0.2) is 5.78 Å². The number of aryl methyl sites for hydroxylation is 1. The van der Waals surface area contributed by atoms with E-state index in [0.717, 1.165) is 10.6 Å². The Morgan fingerprint density at radius 1 is 0.872 bits per heavy atom. The lowest BCUT2D eigenvalue weighted by Crippen LogP contribution is -2.56. The first kappa shape index (κ1) is 28.3. The molecule has 0 atom stereocenters. The Balaban J connectivity index is 1.56. The van der Waals surface area contributed by atoms with E-state index < -0.39 is 40.2 Å². The van der Waals surface area contributed by atoms with Crippen molar-refractivity contribution in [2.24, 2.45) is 0 Å². The maximum atomic E-state index is 13.4. The van der Waals surface area contributed by atoms with Crippen molar-refractivity contribution in [1.29, 1.82) is 0 Å². The molecule has 0 N–H and O–H groups in total. The molecule has 0 radical (unpaired) electrons. The number of amides is 3. The molecule has 0 bridgehead atoms. The molecule has 202 valence electrons. The molecule has 1 saturated heterocycles. The summed E-state index contributed by atoms with van der Waals surface area (Å²) in [5, 5.41) is 1.77. The topological polar surface area (TPSA) is 118 Å². The van der Waals surface area contributed by atoms with Crippen LogP contribution in [-0.4, -0.2) is 48.5 Å². The molecule has 0 unspecified atom stereocenters. The Morgan fingerprint density at radius 2 is 1.46 bits per heavy atom. The van der Waals surface area contributed by atoms with Gasteiger partial charge in [0.1, 0.15) is 17.2 Å². The van der Waals surface area contributed by atoms with Crippen molar-refractivity contribution in [3.63, 3.8) is 0 Å². The number of hydrazine groups is 1. The van der Waals surface area contributed by atoms with Gasteiger partial charge in [-0.3, -0.25) is 19.2 Å². The molecule has 3 aromatic rings. The molecule has 4 rings (SSSR count). The Labute approximate surface area is 235 Å². The largest absolute Gasteiger partial charge is 0.379 e. The van der Waals surface area contributed by atoms with E-state index in [0.29, 0.717) is 11.4 Å². The Hall–Kier alpha value is -3.73. The van der Waals surface area contributed by atoms with Crippen LogP contribution in [0.3, 0.4) is 0 Å². The quantitative estimate of drug-likeness (QED) is 0.210. The van der Waals surface area contributed by atoms with Crippen LogP contribution in [0.1, 0.15) is 45.5 Å². The second kappa shape index (κ2) is 11.6. The third-order valence-electron chi connectivity index (χ3n) is 5.88. The lowest BCUT2D eigenvalue weighted by atomic mass is 10.1. The number of hydrogen-bond acceptors (Lipinski definition) is 7. The van der Waals surface area contributed by atoms with Gasteiger partial charge in [-0.1, -0.05) is 40.9 Å². The van der Waals surface area contributed by atoms with Crippen molar-refractivity contribution < 1.29 is 31.8 Å². The summed E-state index contributed by atoms with van der Waals surface area (Å²) >= 11 is 12.0. The average Bonchev–Trinajstić information content (AvgIpc) is 2.89. The summed E-state index contributed by atoms with van der Waals surface area (Å²) in [5.74, 6) is -2.66. The van der Waals surface area contributed by atoms with E-state index in [-0.39, 0.29) is 44.7 Å². The number of hydrogen-bond donors (Lipinski definition) is 0. The summed E-state index contributed by atoms with van der Waals surface area (Å²) < 4.78 is 30.3. The molecule has 1 aliphatic heterocycles. The number of nitrogens with zero attached hydrogens (tertiary/aromatic N) is 2. The normalized spacial score (nSPS) is 13.8. The van der Waals surface area contributed by atoms with Gasteiger partial charge in [-0.05, 0) is 67.9 Å². The zero-order valence-electron chi connectivity index (χ0n) is 20.6. The van der Waals surface area contributed by atoms with E-state index in [9.17, 15) is 27.6 Å². The molecule has 1 fully saturated rings. The second-order valence-corrected chi connectivity index (χ2v) is 11.1. The number of rotatable bonds is 8. The standard InChI is InChI=1S/C27H22Cl2N2O7S/c1-17-5-12-21(13-6-17)39(36,37)38-20-10-7-18(8-11-20)24(32)16-30(31-25(33)3-2-4-26(31)34)27(35)19-9-14-22(28)23(29)15-19/h5-15H,2-4,16H2,1H3. The predicted molar refractivity (Wildman–Crippen MR) is 143 cm³/mol. The Morgan fingerprint density at radius 3 is 2.05 bits per heavy atom. The lowest BCUT2D eigenvalue weighted by Gasteiger charge is -2.35. The van der Waals surface area contributed by atoms with E-state index in [4.69, 9.17) is 27.4 Å². The van der Waals surface area contributed by atoms with Crippen molar-refractivity contribution in [3.8, 4) is 5.75 Å². The van der Waals surface area contributed by atoms with Gasteiger partial charge < -0.3 is 4.18 Å². The highest BCUT2D eigenvalue weighted by atomic mass is 35.5. The van der Waals surface area contributed by atoms with Gasteiger partial charge in [0, 0.05) is 24.0 Å². The number of halogens is 2. The molecule has 1 aliphatic rings.